The molecule has 146 valence electrons. The van der Waals surface area contributed by atoms with Crippen molar-refractivity contribution in [3.8, 4) is 5.75 Å². The molecule has 4 rings (SSSR count). The van der Waals surface area contributed by atoms with E-state index in [1.807, 2.05) is 10.6 Å². The molecule has 0 N–H and O–H groups in total. The summed E-state index contributed by atoms with van der Waals surface area (Å²) < 4.78 is 8.89. The number of aryl methyl sites for hydroxylation is 1. The van der Waals surface area contributed by atoms with Crippen molar-refractivity contribution in [1.82, 2.24) is 19.2 Å². The fraction of sp³-hybridized carbons (Fsp3) is 0.619. The minimum atomic E-state index is 0.0655. The lowest BCUT2D eigenvalue weighted by Crippen LogP contribution is -2.34. The van der Waals surface area contributed by atoms with Gasteiger partial charge in [-0.2, -0.15) is 5.10 Å². The van der Waals surface area contributed by atoms with Gasteiger partial charge in [-0.25, -0.2) is 9.48 Å². The molecular weight excluding hydrogens is 340 g/mol. The number of hydrogen-bond acceptors (Lipinski definition) is 4. The quantitative estimate of drug-likeness (QED) is 0.812. The molecule has 0 atom stereocenters. The molecule has 0 bridgehead atoms. The standard InChI is InChI=1S/C21H30N4O2/c1-23-21(26)25(18-7-3-4-8-18)20(22-23)17-10-12-24(13-11-17)15-16-6-5-9-19(14-16)27-2/h5-6,9,14,17-18H,3-4,7-8,10-13,15H2,1-2H3. The fourth-order valence-electron chi connectivity index (χ4n) is 4.66. The molecule has 2 fully saturated rings. The van der Waals surface area contributed by atoms with E-state index in [0.717, 1.165) is 56.9 Å². The number of benzene rings is 1. The number of nitrogens with zero attached hydrogens (tertiary/aromatic N) is 4. The number of methoxy groups -OCH3 is 1. The first-order valence-corrected chi connectivity index (χ1v) is 10.2. The molecule has 0 spiro atoms. The van der Waals surface area contributed by atoms with Crippen molar-refractivity contribution in [3.05, 3.63) is 46.1 Å². The summed E-state index contributed by atoms with van der Waals surface area (Å²) in [6.45, 7) is 3.02. The average molecular weight is 370 g/mol. The van der Waals surface area contributed by atoms with E-state index in [9.17, 15) is 4.79 Å². The summed E-state index contributed by atoms with van der Waals surface area (Å²) in [5.41, 5.74) is 1.35. The van der Waals surface area contributed by atoms with Gasteiger partial charge in [-0.05, 0) is 56.5 Å². The van der Waals surface area contributed by atoms with Crippen LogP contribution in [0.2, 0.25) is 0 Å². The normalized spacial score (nSPS) is 19.6. The summed E-state index contributed by atoms with van der Waals surface area (Å²) in [5.74, 6) is 2.33. The number of rotatable bonds is 5. The summed E-state index contributed by atoms with van der Waals surface area (Å²) in [5, 5.41) is 4.64. The highest BCUT2D eigenvalue weighted by molar-refractivity contribution is 5.28. The van der Waals surface area contributed by atoms with Crippen LogP contribution in [0, 0.1) is 0 Å². The summed E-state index contributed by atoms with van der Waals surface area (Å²) >= 11 is 0. The summed E-state index contributed by atoms with van der Waals surface area (Å²) in [7, 11) is 3.50. The van der Waals surface area contributed by atoms with Crippen LogP contribution in [0.15, 0.2) is 29.1 Å². The van der Waals surface area contributed by atoms with Crippen molar-refractivity contribution < 1.29 is 4.74 Å². The zero-order valence-corrected chi connectivity index (χ0v) is 16.4. The number of hydrogen-bond donors (Lipinski definition) is 0. The van der Waals surface area contributed by atoms with Crippen LogP contribution in [0.1, 0.15) is 61.9 Å². The second kappa shape index (κ2) is 7.89. The molecule has 27 heavy (non-hydrogen) atoms. The van der Waals surface area contributed by atoms with E-state index in [0.29, 0.717) is 12.0 Å². The highest BCUT2D eigenvalue weighted by Gasteiger charge is 2.30. The SMILES string of the molecule is COc1cccc(CN2CCC(c3nn(C)c(=O)n3C3CCCC3)CC2)c1. The zero-order chi connectivity index (χ0) is 18.8. The van der Waals surface area contributed by atoms with Gasteiger partial charge in [-0.1, -0.05) is 25.0 Å². The molecule has 6 nitrogen and oxygen atoms in total. The van der Waals surface area contributed by atoms with Gasteiger partial charge in [0.2, 0.25) is 0 Å². The Balaban J connectivity index is 1.43. The molecule has 1 aliphatic carbocycles. The van der Waals surface area contributed by atoms with Crippen molar-refractivity contribution >= 4 is 0 Å². The van der Waals surface area contributed by atoms with Crippen molar-refractivity contribution in [2.75, 3.05) is 20.2 Å². The van der Waals surface area contributed by atoms with Crippen molar-refractivity contribution in [1.29, 1.82) is 0 Å². The Labute approximate surface area is 160 Å². The second-order valence-electron chi connectivity index (χ2n) is 7.97. The van der Waals surface area contributed by atoms with Gasteiger partial charge in [0.05, 0.1) is 7.11 Å². The average Bonchev–Trinajstić information content (AvgIpc) is 3.31. The monoisotopic (exact) mass is 370 g/mol. The maximum Gasteiger partial charge on any atom is 0.345 e. The number of aromatic nitrogens is 3. The van der Waals surface area contributed by atoms with Gasteiger partial charge >= 0.3 is 5.69 Å². The minimum absolute atomic E-state index is 0.0655. The van der Waals surface area contributed by atoms with Gasteiger partial charge in [0, 0.05) is 25.6 Å². The Hall–Kier alpha value is -2.08. The van der Waals surface area contributed by atoms with Crippen LogP contribution in [-0.4, -0.2) is 39.4 Å². The van der Waals surface area contributed by atoms with Crippen LogP contribution >= 0.6 is 0 Å². The van der Waals surface area contributed by atoms with E-state index in [-0.39, 0.29) is 5.69 Å². The fourth-order valence-corrected chi connectivity index (χ4v) is 4.66. The van der Waals surface area contributed by atoms with E-state index in [1.54, 1.807) is 14.2 Å². The van der Waals surface area contributed by atoms with Gasteiger partial charge in [-0.3, -0.25) is 9.47 Å². The van der Waals surface area contributed by atoms with E-state index in [2.05, 4.69) is 28.2 Å². The first kappa shape index (κ1) is 18.3. The van der Waals surface area contributed by atoms with E-state index in [1.165, 1.54) is 23.1 Å². The molecule has 1 aromatic carbocycles. The Morgan fingerprint density at radius 2 is 1.89 bits per heavy atom. The third kappa shape index (κ3) is 3.81. The van der Waals surface area contributed by atoms with Crippen molar-refractivity contribution in [3.63, 3.8) is 0 Å². The smallest absolute Gasteiger partial charge is 0.345 e. The highest BCUT2D eigenvalue weighted by Crippen LogP contribution is 2.33. The summed E-state index contributed by atoms with van der Waals surface area (Å²) in [6, 6.07) is 8.66. The maximum absolute atomic E-state index is 12.6. The third-order valence-electron chi connectivity index (χ3n) is 6.17. The van der Waals surface area contributed by atoms with Crippen LogP contribution in [0.25, 0.3) is 0 Å². The molecule has 2 heterocycles. The van der Waals surface area contributed by atoms with Crippen LogP contribution < -0.4 is 10.4 Å². The summed E-state index contributed by atoms with van der Waals surface area (Å²) in [4.78, 5) is 15.1. The van der Waals surface area contributed by atoms with Crippen LogP contribution in [0.4, 0.5) is 0 Å². The second-order valence-corrected chi connectivity index (χ2v) is 7.97. The summed E-state index contributed by atoms with van der Waals surface area (Å²) in [6.07, 6.45) is 6.82. The molecule has 1 saturated heterocycles. The molecular formula is C21H30N4O2. The largest absolute Gasteiger partial charge is 0.497 e. The Kier molecular flexibility index (Phi) is 5.34. The lowest BCUT2D eigenvalue weighted by atomic mass is 9.95. The first-order chi connectivity index (χ1) is 13.2. The lowest BCUT2D eigenvalue weighted by Gasteiger charge is -2.32. The predicted molar refractivity (Wildman–Crippen MR) is 105 cm³/mol. The van der Waals surface area contributed by atoms with Crippen LogP contribution in [0.3, 0.4) is 0 Å². The van der Waals surface area contributed by atoms with Gasteiger partial charge in [-0.15, -0.1) is 0 Å². The highest BCUT2D eigenvalue weighted by atomic mass is 16.5. The topological polar surface area (TPSA) is 52.3 Å². The molecule has 1 aliphatic heterocycles. The predicted octanol–water partition coefficient (Wildman–Crippen LogP) is 3.09. The van der Waals surface area contributed by atoms with Crippen molar-refractivity contribution in [2.45, 2.75) is 57.0 Å². The van der Waals surface area contributed by atoms with E-state index < -0.39 is 0 Å². The van der Waals surface area contributed by atoms with Gasteiger partial charge in [0.1, 0.15) is 11.6 Å². The first-order valence-electron chi connectivity index (χ1n) is 10.2. The molecule has 0 radical (unpaired) electrons. The van der Waals surface area contributed by atoms with Crippen molar-refractivity contribution in [2.24, 2.45) is 7.05 Å². The molecule has 0 amide bonds. The maximum atomic E-state index is 12.6. The van der Waals surface area contributed by atoms with Gasteiger partial charge in [0.15, 0.2) is 0 Å². The van der Waals surface area contributed by atoms with E-state index >= 15 is 0 Å². The lowest BCUT2D eigenvalue weighted by molar-refractivity contribution is 0.198. The molecule has 0 unspecified atom stereocenters. The van der Waals surface area contributed by atoms with Crippen LogP contribution in [0.5, 0.6) is 5.75 Å². The number of ether oxygens (including phenoxy) is 1. The molecule has 1 aromatic heterocycles. The minimum Gasteiger partial charge on any atom is -0.497 e. The molecule has 1 saturated carbocycles. The van der Waals surface area contributed by atoms with Gasteiger partial charge in [0.25, 0.3) is 0 Å². The van der Waals surface area contributed by atoms with E-state index in [4.69, 9.17) is 4.74 Å². The van der Waals surface area contributed by atoms with Crippen LogP contribution in [-0.2, 0) is 13.6 Å². The number of likely N-dealkylation sites (tertiary alicyclic amines) is 1. The Morgan fingerprint density at radius 1 is 1.15 bits per heavy atom. The Morgan fingerprint density at radius 3 is 2.59 bits per heavy atom. The molecule has 2 aromatic rings. The Bertz CT molecular complexity index is 827. The third-order valence-corrected chi connectivity index (χ3v) is 6.17. The zero-order valence-electron chi connectivity index (χ0n) is 16.4. The molecule has 2 aliphatic rings. The van der Waals surface area contributed by atoms with Gasteiger partial charge < -0.3 is 4.74 Å². The number of piperidine rings is 1. The molecule has 6 heteroatoms.